The molecule has 6 nitrogen and oxygen atoms in total. The fourth-order valence-electron chi connectivity index (χ4n) is 3.62. The molecule has 1 aliphatic carbocycles. The lowest BCUT2D eigenvalue weighted by Gasteiger charge is -2.32. The third kappa shape index (κ3) is 4.64. The van der Waals surface area contributed by atoms with E-state index in [1.165, 1.54) is 0 Å². The molecule has 1 amide bonds. The van der Waals surface area contributed by atoms with E-state index in [-0.39, 0.29) is 18.6 Å². The zero-order valence-electron chi connectivity index (χ0n) is 14.9. The van der Waals surface area contributed by atoms with Gasteiger partial charge in [0.1, 0.15) is 0 Å². The van der Waals surface area contributed by atoms with Crippen molar-refractivity contribution in [3.05, 3.63) is 17.5 Å². The Balaban J connectivity index is 1.66. The van der Waals surface area contributed by atoms with Gasteiger partial charge in [0, 0.05) is 43.6 Å². The monoisotopic (exact) mass is 364 g/mol. The Labute approximate surface area is 153 Å². The molecule has 0 radical (unpaired) electrons. The third-order valence-corrected chi connectivity index (χ3v) is 5.81. The molecular formula is C18H28N4O2S. The Bertz CT molecular complexity index is 590. The molecule has 1 atom stereocenters. The van der Waals surface area contributed by atoms with Gasteiger partial charge in [0.2, 0.25) is 11.9 Å². The Morgan fingerprint density at radius 2 is 2.20 bits per heavy atom. The maximum atomic E-state index is 12.1. The van der Waals surface area contributed by atoms with Gasteiger partial charge in [-0.2, -0.15) is 11.8 Å². The first-order valence-electron chi connectivity index (χ1n) is 9.21. The summed E-state index contributed by atoms with van der Waals surface area (Å²) in [5, 5.41) is 12.4. The minimum atomic E-state index is 0.0484. The molecule has 2 heterocycles. The van der Waals surface area contributed by atoms with Gasteiger partial charge >= 0.3 is 0 Å². The molecule has 0 unspecified atom stereocenters. The SMILES string of the molecule is CSCCC(=O)N[C@@H]1CCCc2nc(N3CCC(CO)CC3)ncc21. The van der Waals surface area contributed by atoms with Gasteiger partial charge in [-0.3, -0.25) is 4.79 Å². The van der Waals surface area contributed by atoms with E-state index >= 15 is 0 Å². The number of rotatable bonds is 6. The van der Waals surface area contributed by atoms with E-state index in [9.17, 15) is 9.90 Å². The standard InChI is InChI=1S/C18H28N4O2S/c1-25-10-7-17(24)20-15-3-2-4-16-14(15)11-19-18(21-16)22-8-5-13(12-23)6-9-22/h11,13,15,23H,2-10,12H2,1H3,(H,20,24)/t15-/m1/s1. The first-order valence-corrected chi connectivity index (χ1v) is 10.6. The van der Waals surface area contributed by atoms with E-state index in [0.29, 0.717) is 12.3 Å². The molecule has 0 spiro atoms. The maximum absolute atomic E-state index is 12.1. The first-order chi connectivity index (χ1) is 12.2. The molecule has 1 aliphatic heterocycles. The number of nitrogens with one attached hydrogen (secondary N) is 1. The molecule has 2 aliphatic rings. The molecular weight excluding hydrogens is 336 g/mol. The molecule has 3 rings (SSSR count). The van der Waals surface area contributed by atoms with E-state index in [2.05, 4.69) is 15.2 Å². The highest BCUT2D eigenvalue weighted by atomic mass is 32.2. The van der Waals surface area contributed by atoms with Gasteiger partial charge in [-0.25, -0.2) is 9.97 Å². The number of carbonyl (C=O) groups excluding carboxylic acids is 1. The number of aromatic nitrogens is 2. The summed E-state index contributed by atoms with van der Waals surface area (Å²) in [5.41, 5.74) is 2.16. The molecule has 0 saturated carbocycles. The summed E-state index contributed by atoms with van der Waals surface area (Å²) < 4.78 is 0. The Hall–Kier alpha value is -1.34. The maximum Gasteiger partial charge on any atom is 0.225 e. The van der Waals surface area contributed by atoms with Crippen LogP contribution in [0.25, 0.3) is 0 Å². The summed E-state index contributed by atoms with van der Waals surface area (Å²) >= 11 is 1.69. The number of nitrogens with zero attached hydrogens (tertiary/aromatic N) is 3. The number of aliphatic hydroxyl groups is 1. The average molecular weight is 365 g/mol. The van der Waals surface area contributed by atoms with Gasteiger partial charge in [-0.1, -0.05) is 0 Å². The van der Waals surface area contributed by atoms with Crippen LogP contribution in [0.15, 0.2) is 6.20 Å². The van der Waals surface area contributed by atoms with Gasteiger partial charge in [0.15, 0.2) is 0 Å². The zero-order chi connectivity index (χ0) is 17.6. The fourth-order valence-corrected chi connectivity index (χ4v) is 4.00. The quantitative estimate of drug-likeness (QED) is 0.803. The highest BCUT2D eigenvalue weighted by Gasteiger charge is 2.26. The van der Waals surface area contributed by atoms with Crippen LogP contribution in [-0.4, -0.2) is 52.7 Å². The lowest BCUT2D eigenvalue weighted by atomic mass is 9.92. The van der Waals surface area contributed by atoms with Crippen molar-refractivity contribution in [1.29, 1.82) is 0 Å². The number of fused-ring (bicyclic) bond motifs is 1. The van der Waals surface area contributed by atoms with Crippen molar-refractivity contribution in [3.63, 3.8) is 0 Å². The largest absolute Gasteiger partial charge is 0.396 e. The van der Waals surface area contributed by atoms with Crippen molar-refractivity contribution >= 4 is 23.6 Å². The van der Waals surface area contributed by atoms with E-state index in [0.717, 1.165) is 68.2 Å². The van der Waals surface area contributed by atoms with Crippen LogP contribution in [0.3, 0.4) is 0 Å². The number of hydrogen-bond donors (Lipinski definition) is 2. The number of carbonyl (C=O) groups is 1. The minimum absolute atomic E-state index is 0.0484. The van der Waals surface area contributed by atoms with Gasteiger partial charge in [0.05, 0.1) is 11.7 Å². The molecule has 2 N–H and O–H groups in total. The van der Waals surface area contributed by atoms with Crippen molar-refractivity contribution in [2.75, 3.05) is 36.6 Å². The van der Waals surface area contributed by atoms with Crippen molar-refractivity contribution < 1.29 is 9.90 Å². The Kier molecular flexibility index (Phi) is 6.53. The molecule has 1 aromatic rings. The van der Waals surface area contributed by atoms with Crippen LogP contribution < -0.4 is 10.2 Å². The van der Waals surface area contributed by atoms with Gasteiger partial charge in [-0.15, -0.1) is 0 Å². The summed E-state index contributed by atoms with van der Waals surface area (Å²) in [4.78, 5) is 23.7. The van der Waals surface area contributed by atoms with Crippen LogP contribution in [0.2, 0.25) is 0 Å². The highest BCUT2D eigenvalue weighted by Crippen LogP contribution is 2.30. The number of piperidine rings is 1. The normalized spacial score (nSPS) is 21.0. The average Bonchev–Trinajstić information content (AvgIpc) is 2.66. The molecule has 0 aromatic carbocycles. The van der Waals surface area contributed by atoms with Crippen LogP contribution in [0.4, 0.5) is 5.95 Å². The predicted molar refractivity (Wildman–Crippen MR) is 101 cm³/mol. The van der Waals surface area contributed by atoms with Gasteiger partial charge in [0.25, 0.3) is 0 Å². The number of thioether (sulfide) groups is 1. The highest BCUT2D eigenvalue weighted by molar-refractivity contribution is 7.98. The zero-order valence-corrected chi connectivity index (χ0v) is 15.7. The number of aliphatic hydroxyl groups excluding tert-OH is 1. The van der Waals surface area contributed by atoms with E-state index in [1.54, 1.807) is 11.8 Å². The lowest BCUT2D eigenvalue weighted by molar-refractivity contribution is -0.121. The van der Waals surface area contributed by atoms with E-state index in [4.69, 9.17) is 4.98 Å². The molecule has 7 heteroatoms. The third-order valence-electron chi connectivity index (χ3n) is 5.19. The fraction of sp³-hybridized carbons (Fsp3) is 0.722. The van der Waals surface area contributed by atoms with Gasteiger partial charge in [-0.05, 0) is 44.3 Å². The van der Waals surface area contributed by atoms with Crippen molar-refractivity contribution in [2.24, 2.45) is 5.92 Å². The molecule has 25 heavy (non-hydrogen) atoms. The van der Waals surface area contributed by atoms with Crippen LogP contribution in [0.1, 0.15) is 49.4 Å². The summed E-state index contributed by atoms with van der Waals surface area (Å²) in [6.45, 7) is 2.08. The number of anilines is 1. The second-order valence-corrected chi connectivity index (χ2v) is 7.93. The minimum Gasteiger partial charge on any atom is -0.396 e. The molecule has 1 fully saturated rings. The van der Waals surface area contributed by atoms with E-state index in [1.807, 2.05) is 12.5 Å². The van der Waals surface area contributed by atoms with Crippen molar-refractivity contribution in [3.8, 4) is 0 Å². The second-order valence-electron chi connectivity index (χ2n) is 6.94. The topological polar surface area (TPSA) is 78.4 Å². The summed E-state index contributed by atoms with van der Waals surface area (Å²) in [6, 6.07) is 0.0484. The van der Waals surface area contributed by atoms with Gasteiger partial charge < -0.3 is 15.3 Å². The van der Waals surface area contributed by atoms with Crippen LogP contribution >= 0.6 is 11.8 Å². The lowest BCUT2D eigenvalue weighted by Crippen LogP contribution is -2.36. The predicted octanol–water partition coefficient (Wildman–Crippen LogP) is 1.93. The molecule has 1 saturated heterocycles. The summed E-state index contributed by atoms with van der Waals surface area (Å²) in [5.74, 6) is 2.17. The van der Waals surface area contributed by atoms with Crippen LogP contribution in [0, 0.1) is 5.92 Å². The Morgan fingerprint density at radius 1 is 1.40 bits per heavy atom. The smallest absolute Gasteiger partial charge is 0.225 e. The second kappa shape index (κ2) is 8.85. The molecule has 0 bridgehead atoms. The van der Waals surface area contributed by atoms with E-state index < -0.39 is 0 Å². The first kappa shape index (κ1) is 18.5. The van der Waals surface area contributed by atoms with Crippen molar-refractivity contribution in [2.45, 2.75) is 44.6 Å². The van der Waals surface area contributed by atoms with Crippen LogP contribution in [0.5, 0.6) is 0 Å². The molecule has 138 valence electrons. The number of hydrogen-bond acceptors (Lipinski definition) is 6. The summed E-state index contributed by atoms with van der Waals surface area (Å²) in [7, 11) is 0. The Morgan fingerprint density at radius 3 is 2.92 bits per heavy atom. The van der Waals surface area contributed by atoms with Crippen LogP contribution in [-0.2, 0) is 11.2 Å². The molecule has 1 aromatic heterocycles. The van der Waals surface area contributed by atoms with Crippen molar-refractivity contribution in [1.82, 2.24) is 15.3 Å². The number of aryl methyl sites for hydroxylation is 1. The number of amides is 1. The summed E-state index contributed by atoms with van der Waals surface area (Å²) in [6.07, 6.45) is 9.43.